The number of hydrogen-bond donors (Lipinski definition) is 2. The molecule has 34 heavy (non-hydrogen) atoms. The van der Waals surface area contributed by atoms with Gasteiger partial charge in [0.05, 0.1) is 19.0 Å². The molecule has 1 aliphatic heterocycles. The molecule has 3 heterocycles. The number of primary amides is 1. The highest BCUT2D eigenvalue weighted by Crippen LogP contribution is 2.54. The Balaban J connectivity index is 2.02. The molecule has 0 spiro atoms. The molecule has 8 nitrogen and oxygen atoms in total. The van der Waals surface area contributed by atoms with E-state index < -0.39 is 53.7 Å². The van der Waals surface area contributed by atoms with E-state index in [1.165, 1.54) is 19.1 Å². The summed E-state index contributed by atoms with van der Waals surface area (Å²) in [4.78, 5) is 31.7. The van der Waals surface area contributed by atoms with E-state index in [4.69, 9.17) is 15.2 Å². The van der Waals surface area contributed by atoms with Crippen molar-refractivity contribution in [1.82, 2.24) is 9.97 Å². The van der Waals surface area contributed by atoms with Gasteiger partial charge in [-0.15, -0.1) is 0 Å². The molecule has 1 fully saturated rings. The molecule has 13 heteroatoms. The first kappa shape index (κ1) is 25.3. The zero-order valence-electron chi connectivity index (χ0n) is 18.2. The Morgan fingerprint density at radius 1 is 1.24 bits per heavy atom. The minimum absolute atomic E-state index is 0.00901. The number of halogens is 5. The average molecular weight is 488 g/mol. The normalized spacial score (nSPS) is 24.8. The number of rotatable bonds is 6. The van der Waals surface area contributed by atoms with E-state index in [1.807, 2.05) is 0 Å². The maximum Gasteiger partial charge on any atom is 0.417 e. The lowest BCUT2D eigenvalue weighted by Crippen LogP contribution is -2.47. The van der Waals surface area contributed by atoms with Crippen molar-refractivity contribution >= 4 is 17.5 Å². The fourth-order valence-corrected chi connectivity index (χ4v) is 3.85. The summed E-state index contributed by atoms with van der Waals surface area (Å²) in [5.41, 5.74) is 1.74. The Kier molecular flexibility index (Phi) is 6.78. The van der Waals surface area contributed by atoms with Crippen LogP contribution in [0.3, 0.4) is 0 Å². The maximum atomic E-state index is 14.0. The minimum Gasteiger partial charge on any atom is -0.481 e. The SMILES string of the molecule is COc1nc(C(F)F)ccc1[C@@H]1[C@@H](C(=O)Nc2ccc(C(N)=O)nc2)O[C@@](C)(C(F)(F)F)[C@H]1C. The number of anilines is 1. The molecule has 0 bridgehead atoms. The topological polar surface area (TPSA) is 116 Å². The van der Waals surface area contributed by atoms with Gasteiger partial charge < -0.3 is 20.5 Å². The summed E-state index contributed by atoms with van der Waals surface area (Å²) >= 11 is 0. The number of hydrogen-bond acceptors (Lipinski definition) is 6. The van der Waals surface area contributed by atoms with Crippen LogP contribution in [0, 0.1) is 5.92 Å². The van der Waals surface area contributed by atoms with Crippen LogP contribution in [-0.4, -0.2) is 46.8 Å². The van der Waals surface area contributed by atoms with E-state index in [1.54, 1.807) is 0 Å². The molecule has 2 aromatic rings. The summed E-state index contributed by atoms with van der Waals surface area (Å²) in [6.07, 6.45) is -8.37. The maximum absolute atomic E-state index is 14.0. The van der Waals surface area contributed by atoms with Gasteiger partial charge in [0.2, 0.25) is 5.88 Å². The van der Waals surface area contributed by atoms with Crippen molar-refractivity contribution in [2.75, 3.05) is 12.4 Å². The van der Waals surface area contributed by atoms with Crippen LogP contribution in [0.4, 0.5) is 27.6 Å². The third-order valence-electron chi connectivity index (χ3n) is 5.90. The van der Waals surface area contributed by atoms with Gasteiger partial charge in [-0.3, -0.25) is 9.59 Å². The molecule has 2 aromatic heterocycles. The molecule has 1 aliphatic rings. The molecule has 184 valence electrons. The number of alkyl halides is 5. The summed E-state index contributed by atoms with van der Waals surface area (Å²) in [6, 6.07) is 4.63. The Hall–Kier alpha value is -3.35. The molecule has 0 radical (unpaired) electrons. The van der Waals surface area contributed by atoms with Crippen LogP contribution in [0.5, 0.6) is 5.88 Å². The van der Waals surface area contributed by atoms with Gasteiger partial charge in [-0.05, 0) is 25.1 Å². The lowest BCUT2D eigenvalue weighted by atomic mass is 9.77. The van der Waals surface area contributed by atoms with Gasteiger partial charge in [-0.1, -0.05) is 13.0 Å². The van der Waals surface area contributed by atoms with Crippen molar-refractivity contribution in [1.29, 1.82) is 0 Å². The molecular formula is C21H21F5N4O4. The lowest BCUT2D eigenvalue weighted by molar-refractivity contribution is -0.272. The van der Waals surface area contributed by atoms with E-state index >= 15 is 0 Å². The molecule has 0 aliphatic carbocycles. The number of nitrogens with two attached hydrogens (primary N) is 1. The molecular weight excluding hydrogens is 467 g/mol. The number of carbonyl (C=O) groups excluding carboxylic acids is 2. The number of methoxy groups -OCH3 is 1. The largest absolute Gasteiger partial charge is 0.481 e. The standard InChI is InChI=1S/C21H21F5N4O4/c1-9-14(11-5-7-12(16(22)23)30-19(11)33-3)15(34-20(9,2)21(24,25)26)18(32)29-10-4-6-13(17(27)31)28-8-10/h4-9,14-16H,1-3H3,(H2,27,31)(H,29,32)/t9-,14+,15-,20+/m0/s1. The van der Waals surface area contributed by atoms with E-state index in [9.17, 15) is 31.5 Å². The molecule has 0 aromatic carbocycles. The quantitative estimate of drug-likeness (QED) is 0.601. The predicted octanol–water partition coefficient (Wildman–Crippen LogP) is 3.60. The first-order valence-corrected chi connectivity index (χ1v) is 9.94. The van der Waals surface area contributed by atoms with Gasteiger partial charge in [-0.25, -0.2) is 18.7 Å². The van der Waals surface area contributed by atoms with E-state index in [-0.39, 0.29) is 22.8 Å². The van der Waals surface area contributed by atoms with E-state index in [0.29, 0.717) is 0 Å². The first-order chi connectivity index (χ1) is 15.8. The van der Waals surface area contributed by atoms with Crippen LogP contribution >= 0.6 is 0 Å². The van der Waals surface area contributed by atoms with Crippen molar-refractivity contribution in [2.24, 2.45) is 11.7 Å². The van der Waals surface area contributed by atoms with Crippen LogP contribution < -0.4 is 15.8 Å². The smallest absolute Gasteiger partial charge is 0.417 e. The average Bonchev–Trinajstić information content (AvgIpc) is 3.05. The fourth-order valence-electron chi connectivity index (χ4n) is 3.85. The second kappa shape index (κ2) is 9.12. The summed E-state index contributed by atoms with van der Waals surface area (Å²) in [5.74, 6) is -4.67. The Bertz CT molecular complexity index is 1080. The highest BCUT2D eigenvalue weighted by molar-refractivity contribution is 5.96. The number of amides is 2. The summed E-state index contributed by atoms with van der Waals surface area (Å²) < 4.78 is 78.4. The van der Waals surface area contributed by atoms with Crippen LogP contribution in [0.1, 0.15) is 47.9 Å². The van der Waals surface area contributed by atoms with Crippen molar-refractivity contribution in [3.63, 3.8) is 0 Å². The van der Waals surface area contributed by atoms with Crippen molar-refractivity contribution < 1.29 is 41.0 Å². The predicted molar refractivity (Wildman–Crippen MR) is 108 cm³/mol. The third kappa shape index (κ3) is 4.52. The van der Waals surface area contributed by atoms with Crippen molar-refractivity contribution in [3.05, 3.63) is 47.4 Å². The van der Waals surface area contributed by atoms with Crippen LogP contribution in [0.25, 0.3) is 0 Å². The zero-order chi connectivity index (χ0) is 25.4. The van der Waals surface area contributed by atoms with Crippen LogP contribution in [0.15, 0.2) is 30.5 Å². The Labute approximate surface area is 190 Å². The van der Waals surface area contributed by atoms with E-state index in [2.05, 4.69) is 15.3 Å². The number of nitrogens with one attached hydrogen (secondary N) is 1. The number of pyridine rings is 2. The highest BCUT2D eigenvalue weighted by Gasteiger charge is 2.65. The summed E-state index contributed by atoms with van der Waals surface area (Å²) in [6.45, 7) is 2.06. The van der Waals surface area contributed by atoms with Gasteiger partial charge in [0.25, 0.3) is 18.2 Å². The van der Waals surface area contributed by atoms with Crippen LogP contribution in [0.2, 0.25) is 0 Å². The molecule has 3 rings (SSSR count). The van der Waals surface area contributed by atoms with Gasteiger partial charge in [0.1, 0.15) is 17.5 Å². The second-order valence-electron chi connectivity index (χ2n) is 7.88. The number of nitrogens with zero attached hydrogens (tertiary/aromatic N) is 2. The molecule has 3 N–H and O–H groups in total. The fraction of sp³-hybridized carbons (Fsp3) is 0.429. The van der Waals surface area contributed by atoms with Crippen LogP contribution in [-0.2, 0) is 9.53 Å². The second-order valence-corrected chi connectivity index (χ2v) is 7.88. The lowest BCUT2D eigenvalue weighted by Gasteiger charge is -2.31. The van der Waals surface area contributed by atoms with Gasteiger partial charge in [0, 0.05) is 17.4 Å². The third-order valence-corrected chi connectivity index (χ3v) is 5.90. The molecule has 1 saturated heterocycles. The zero-order valence-corrected chi connectivity index (χ0v) is 18.2. The number of aromatic nitrogens is 2. The molecule has 2 amide bonds. The Morgan fingerprint density at radius 3 is 2.41 bits per heavy atom. The van der Waals surface area contributed by atoms with E-state index in [0.717, 1.165) is 32.4 Å². The van der Waals surface area contributed by atoms with Gasteiger partial charge in [-0.2, -0.15) is 13.2 Å². The van der Waals surface area contributed by atoms with Gasteiger partial charge in [0.15, 0.2) is 5.60 Å². The summed E-state index contributed by atoms with van der Waals surface area (Å²) in [7, 11) is 1.13. The summed E-state index contributed by atoms with van der Waals surface area (Å²) in [5, 5.41) is 2.40. The monoisotopic (exact) mass is 488 g/mol. The van der Waals surface area contributed by atoms with Crippen molar-refractivity contribution in [2.45, 2.75) is 44.1 Å². The molecule has 0 saturated carbocycles. The minimum atomic E-state index is -4.85. The Morgan fingerprint density at radius 2 is 1.91 bits per heavy atom. The number of ether oxygens (including phenoxy) is 2. The first-order valence-electron chi connectivity index (χ1n) is 9.94. The molecule has 4 atom stereocenters. The van der Waals surface area contributed by atoms with Gasteiger partial charge >= 0.3 is 6.18 Å². The highest BCUT2D eigenvalue weighted by atomic mass is 19.4. The van der Waals surface area contributed by atoms with Crippen molar-refractivity contribution in [3.8, 4) is 5.88 Å². The molecule has 0 unspecified atom stereocenters. The number of carbonyl (C=O) groups is 2.